The molecular formula is C23H28N2O6. The average molecular weight is 428 g/mol. The first kappa shape index (κ1) is 22.6. The van der Waals surface area contributed by atoms with Crippen molar-refractivity contribution >= 4 is 12.2 Å². The van der Waals surface area contributed by atoms with Crippen LogP contribution < -0.4 is 0 Å². The van der Waals surface area contributed by atoms with Crippen molar-refractivity contribution in [2.75, 3.05) is 13.1 Å². The van der Waals surface area contributed by atoms with Crippen LogP contribution in [0.1, 0.15) is 25.0 Å². The highest BCUT2D eigenvalue weighted by Crippen LogP contribution is 2.30. The lowest BCUT2D eigenvalue weighted by atomic mass is 10.1. The van der Waals surface area contributed by atoms with Crippen LogP contribution in [0.25, 0.3) is 0 Å². The summed E-state index contributed by atoms with van der Waals surface area (Å²) in [4.78, 5) is 26.2. The highest BCUT2D eigenvalue weighted by Gasteiger charge is 2.43. The van der Waals surface area contributed by atoms with Crippen LogP contribution in [0, 0.1) is 0 Å². The maximum Gasteiger partial charge on any atom is 0.407 e. The van der Waals surface area contributed by atoms with Gasteiger partial charge in [0.25, 0.3) is 0 Å². The Morgan fingerprint density at radius 2 is 1.13 bits per heavy atom. The highest BCUT2D eigenvalue weighted by molar-refractivity contribution is 5.65. The molecule has 2 unspecified atom stereocenters. The zero-order valence-corrected chi connectivity index (χ0v) is 17.7. The summed E-state index contributed by atoms with van der Waals surface area (Å²) in [7, 11) is 0. The largest absolute Gasteiger partial charge is 0.465 e. The Hall–Kier alpha value is -3.10. The first-order valence-electron chi connectivity index (χ1n) is 10.1. The normalized spacial score (nSPS) is 19.7. The van der Waals surface area contributed by atoms with E-state index in [1.54, 1.807) is 13.8 Å². The lowest BCUT2D eigenvalue weighted by molar-refractivity contribution is -0.148. The molecule has 0 spiro atoms. The summed E-state index contributed by atoms with van der Waals surface area (Å²) in [5, 5.41) is 19.4. The number of benzene rings is 2. The third-order valence-electron chi connectivity index (χ3n) is 5.06. The molecule has 0 bridgehead atoms. The molecule has 3 rings (SSSR count). The smallest absolute Gasteiger partial charge is 0.407 e. The summed E-state index contributed by atoms with van der Waals surface area (Å²) in [5.41, 5.74) is 1.71. The molecule has 2 amide bonds. The van der Waals surface area contributed by atoms with E-state index in [0.717, 1.165) is 11.1 Å². The summed E-state index contributed by atoms with van der Waals surface area (Å²) in [5.74, 6) is -0.941. The van der Waals surface area contributed by atoms with Crippen molar-refractivity contribution in [3.8, 4) is 0 Å². The molecule has 2 N–H and O–H groups in total. The molecule has 166 valence electrons. The van der Waals surface area contributed by atoms with E-state index in [1.165, 1.54) is 9.80 Å². The van der Waals surface area contributed by atoms with E-state index in [4.69, 9.17) is 9.47 Å². The van der Waals surface area contributed by atoms with E-state index in [-0.39, 0.29) is 26.2 Å². The van der Waals surface area contributed by atoms with Crippen LogP contribution in [0.4, 0.5) is 9.59 Å². The lowest BCUT2D eigenvalue weighted by Gasteiger charge is -2.28. The van der Waals surface area contributed by atoms with E-state index < -0.39 is 30.2 Å². The average Bonchev–Trinajstić information content (AvgIpc) is 3.01. The van der Waals surface area contributed by atoms with Gasteiger partial charge in [0.2, 0.25) is 0 Å². The summed E-state index contributed by atoms with van der Waals surface area (Å²) in [6, 6.07) is 18.6. The number of hydrogen-bond acceptors (Lipinski definition) is 4. The van der Waals surface area contributed by atoms with Gasteiger partial charge in [-0.3, -0.25) is 0 Å². The Labute approximate surface area is 181 Å². The van der Waals surface area contributed by atoms with Crippen molar-refractivity contribution in [1.82, 2.24) is 9.80 Å². The fourth-order valence-electron chi connectivity index (χ4n) is 3.68. The van der Waals surface area contributed by atoms with Crippen molar-refractivity contribution < 1.29 is 29.3 Å². The van der Waals surface area contributed by atoms with E-state index in [9.17, 15) is 19.8 Å². The van der Waals surface area contributed by atoms with Gasteiger partial charge in [0, 0.05) is 13.1 Å². The molecule has 2 aromatic carbocycles. The quantitative estimate of drug-likeness (QED) is 0.662. The Bertz CT molecular complexity index is 803. The van der Waals surface area contributed by atoms with E-state index in [0.29, 0.717) is 0 Å². The molecule has 8 nitrogen and oxygen atoms in total. The van der Waals surface area contributed by atoms with Crippen LogP contribution >= 0.6 is 0 Å². The fraction of sp³-hybridized carbons (Fsp3) is 0.391. The Balaban J connectivity index is 1.72. The first-order valence-corrected chi connectivity index (χ1v) is 10.1. The molecule has 31 heavy (non-hydrogen) atoms. The number of nitrogens with zero attached hydrogens (tertiary/aromatic N) is 2. The summed E-state index contributed by atoms with van der Waals surface area (Å²) < 4.78 is 11.9. The molecule has 2 atom stereocenters. The zero-order chi connectivity index (χ0) is 22.4. The minimum Gasteiger partial charge on any atom is -0.465 e. The molecule has 1 aliphatic rings. The van der Waals surface area contributed by atoms with Gasteiger partial charge >= 0.3 is 12.2 Å². The zero-order valence-electron chi connectivity index (χ0n) is 17.7. The lowest BCUT2D eigenvalue weighted by Crippen LogP contribution is -2.45. The van der Waals surface area contributed by atoms with Crippen LogP contribution in [0.3, 0.4) is 0 Å². The van der Waals surface area contributed by atoms with Crippen LogP contribution in [0.15, 0.2) is 60.7 Å². The Morgan fingerprint density at radius 3 is 1.45 bits per heavy atom. The highest BCUT2D eigenvalue weighted by atomic mass is 16.8. The van der Waals surface area contributed by atoms with Crippen LogP contribution in [0.2, 0.25) is 0 Å². The molecule has 1 saturated heterocycles. The second kappa shape index (κ2) is 9.80. The molecule has 1 aliphatic heterocycles. The number of carbonyl (C=O) groups is 2. The minimum atomic E-state index is -1.07. The molecule has 0 aliphatic carbocycles. The van der Waals surface area contributed by atoms with Crippen molar-refractivity contribution in [3.63, 3.8) is 0 Å². The van der Waals surface area contributed by atoms with E-state index in [1.807, 2.05) is 60.7 Å². The van der Waals surface area contributed by atoms with Crippen LogP contribution in [-0.4, -0.2) is 63.3 Å². The second-order valence-electron chi connectivity index (χ2n) is 8.01. The van der Waals surface area contributed by atoms with Gasteiger partial charge in [-0.05, 0) is 25.0 Å². The van der Waals surface area contributed by atoms with Crippen LogP contribution in [0.5, 0.6) is 0 Å². The molecule has 0 saturated carbocycles. The monoisotopic (exact) mass is 428 g/mol. The number of rotatable bonds is 8. The molecule has 0 aromatic heterocycles. The summed E-state index contributed by atoms with van der Waals surface area (Å²) >= 11 is 0. The number of carboxylic acid groups (broad SMARTS) is 2. The molecule has 8 heteroatoms. The molecule has 0 radical (unpaired) electrons. The SMILES string of the molecule is CC1(C)OC(CN(Cc2ccccc2)C(=O)O)C(CN(Cc2ccccc2)C(=O)O)O1. The van der Waals surface area contributed by atoms with Gasteiger partial charge in [0.05, 0.1) is 13.1 Å². The van der Waals surface area contributed by atoms with Crippen molar-refractivity contribution in [1.29, 1.82) is 0 Å². The number of hydrogen-bond donors (Lipinski definition) is 2. The molecular weight excluding hydrogens is 400 g/mol. The van der Waals surface area contributed by atoms with Gasteiger partial charge in [-0.25, -0.2) is 9.59 Å². The van der Waals surface area contributed by atoms with E-state index >= 15 is 0 Å². The Morgan fingerprint density at radius 1 is 0.774 bits per heavy atom. The fourth-order valence-corrected chi connectivity index (χ4v) is 3.68. The van der Waals surface area contributed by atoms with Crippen molar-refractivity contribution in [2.24, 2.45) is 0 Å². The standard InChI is InChI=1S/C23H28N2O6/c1-23(2)30-19(15-24(21(26)27)13-17-9-5-3-6-10-17)20(31-23)16-25(22(28)29)14-18-11-7-4-8-12-18/h3-12,19-20H,13-16H2,1-2H3,(H,26,27)(H,28,29). The maximum atomic E-state index is 11.9. The van der Waals surface area contributed by atoms with Gasteiger partial charge in [0.1, 0.15) is 12.2 Å². The predicted molar refractivity (Wildman–Crippen MR) is 114 cm³/mol. The minimum absolute atomic E-state index is 0.0666. The van der Waals surface area contributed by atoms with Gasteiger partial charge in [-0.1, -0.05) is 60.7 Å². The molecule has 1 heterocycles. The number of amides is 2. The molecule has 1 fully saturated rings. The first-order chi connectivity index (χ1) is 14.7. The topological polar surface area (TPSA) is 99.5 Å². The van der Waals surface area contributed by atoms with Crippen molar-refractivity contribution in [2.45, 2.75) is 44.9 Å². The maximum absolute atomic E-state index is 11.9. The summed E-state index contributed by atoms with van der Waals surface area (Å²) in [6.45, 7) is 4.02. The van der Waals surface area contributed by atoms with Gasteiger partial charge in [-0.15, -0.1) is 0 Å². The van der Waals surface area contributed by atoms with Gasteiger partial charge in [-0.2, -0.15) is 0 Å². The van der Waals surface area contributed by atoms with Crippen molar-refractivity contribution in [3.05, 3.63) is 71.8 Å². The Kier molecular flexibility index (Phi) is 7.14. The third-order valence-corrected chi connectivity index (χ3v) is 5.06. The van der Waals surface area contributed by atoms with Crippen LogP contribution in [-0.2, 0) is 22.6 Å². The third kappa shape index (κ3) is 6.44. The predicted octanol–water partition coefficient (Wildman–Crippen LogP) is 3.87. The van der Waals surface area contributed by atoms with Gasteiger partial charge in [0.15, 0.2) is 5.79 Å². The molecule has 2 aromatic rings. The van der Waals surface area contributed by atoms with Gasteiger partial charge < -0.3 is 29.5 Å². The summed E-state index contributed by atoms with van der Waals surface area (Å²) in [6.07, 6.45) is -3.36. The number of ether oxygens (including phenoxy) is 2. The van der Waals surface area contributed by atoms with E-state index in [2.05, 4.69) is 0 Å². The second-order valence-corrected chi connectivity index (χ2v) is 8.01.